The number of aliphatic imine (C=N–C) groups is 1. The summed E-state index contributed by atoms with van der Waals surface area (Å²) in [5.41, 5.74) is 0.866. The molecule has 0 aromatic heterocycles. The molecular weight excluding hydrogens is 288 g/mol. The fourth-order valence-corrected chi connectivity index (χ4v) is 5.59. The first-order chi connectivity index (χ1) is 9.58. The van der Waals surface area contributed by atoms with Gasteiger partial charge in [0.2, 0.25) is 0 Å². The average Bonchev–Trinajstić information content (AvgIpc) is 2.95. The number of aromatic hydroxyl groups is 1. The van der Waals surface area contributed by atoms with E-state index in [2.05, 4.69) is 25.8 Å². The molecule has 1 aromatic rings. The fourth-order valence-electron chi connectivity index (χ4n) is 2.66. The highest BCUT2D eigenvalue weighted by Crippen LogP contribution is 2.40. The van der Waals surface area contributed by atoms with Gasteiger partial charge in [-0.25, -0.2) is 0 Å². The van der Waals surface area contributed by atoms with Crippen LogP contribution in [0.25, 0.3) is 0 Å². The van der Waals surface area contributed by atoms with Crippen molar-refractivity contribution in [1.82, 2.24) is 4.90 Å². The van der Waals surface area contributed by atoms with Crippen molar-refractivity contribution in [2.75, 3.05) is 12.8 Å². The average molecular weight is 308 g/mol. The largest absolute Gasteiger partial charge is 0.507 e. The Hall–Kier alpha value is -0.650. The van der Waals surface area contributed by atoms with E-state index in [1.807, 2.05) is 30.0 Å². The molecule has 2 aliphatic rings. The lowest BCUT2D eigenvalue weighted by Gasteiger charge is -2.27. The predicted molar refractivity (Wildman–Crippen MR) is 89.0 cm³/mol. The van der Waals surface area contributed by atoms with Crippen molar-refractivity contribution >= 4 is 28.6 Å². The number of likely N-dealkylation sites (N-methyl/N-ethyl adjacent to an activating group) is 1. The molecule has 1 saturated heterocycles. The van der Waals surface area contributed by atoms with Gasteiger partial charge < -0.3 is 5.11 Å². The molecule has 1 fully saturated rings. The molecule has 5 heteroatoms. The SMILES string of the molecule is CC1SC(c2ccccc2O)=NC1C1SCC(C)N1C. The standard InChI is InChI=1S/C15H20N2OS2/c1-9-8-19-15(17(9)3)13-10(2)20-14(16-13)11-6-4-5-7-12(11)18/h4-7,9-10,13,15,18H,8H2,1-3H3. The van der Waals surface area contributed by atoms with E-state index in [0.29, 0.717) is 28.5 Å². The molecule has 0 bridgehead atoms. The maximum absolute atomic E-state index is 9.99. The number of phenolic OH excluding ortho intramolecular Hbond substituents is 1. The maximum atomic E-state index is 9.99. The number of phenols is 1. The lowest BCUT2D eigenvalue weighted by molar-refractivity contribution is 0.255. The van der Waals surface area contributed by atoms with E-state index in [1.54, 1.807) is 17.8 Å². The van der Waals surface area contributed by atoms with Crippen LogP contribution in [-0.4, -0.2) is 50.6 Å². The number of para-hydroxylation sites is 1. The molecule has 2 aliphatic heterocycles. The summed E-state index contributed by atoms with van der Waals surface area (Å²) in [6.45, 7) is 4.51. The van der Waals surface area contributed by atoms with Crippen LogP contribution >= 0.6 is 23.5 Å². The van der Waals surface area contributed by atoms with Gasteiger partial charge in [0.05, 0.1) is 11.4 Å². The predicted octanol–water partition coefficient (Wildman–Crippen LogP) is 3.04. The van der Waals surface area contributed by atoms with Crippen LogP contribution in [0.5, 0.6) is 5.75 Å². The van der Waals surface area contributed by atoms with Crippen LogP contribution in [0.1, 0.15) is 19.4 Å². The van der Waals surface area contributed by atoms with Gasteiger partial charge in [0.1, 0.15) is 10.8 Å². The number of nitrogens with zero attached hydrogens (tertiary/aromatic N) is 2. The molecule has 0 radical (unpaired) electrons. The van der Waals surface area contributed by atoms with Crippen molar-refractivity contribution < 1.29 is 5.11 Å². The van der Waals surface area contributed by atoms with E-state index in [-0.39, 0.29) is 0 Å². The fraction of sp³-hybridized carbons (Fsp3) is 0.533. The maximum Gasteiger partial charge on any atom is 0.125 e. The number of rotatable bonds is 2. The Morgan fingerprint density at radius 2 is 2.05 bits per heavy atom. The first-order valence-corrected chi connectivity index (χ1v) is 8.87. The minimum atomic E-state index is 0.301. The van der Waals surface area contributed by atoms with Crippen LogP contribution in [0.4, 0.5) is 0 Å². The summed E-state index contributed by atoms with van der Waals surface area (Å²) < 4.78 is 0. The van der Waals surface area contributed by atoms with E-state index >= 15 is 0 Å². The molecular formula is C15H20N2OS2. The summed E-state index contributed by atoms with van der Waals surface area (Å²) in [4.78, 5) is 7.36. The molecule has 0 aliphatic carbocycles. The third kappa shape index (κ3) is 2.47. The summed E-state index contributed by atoms with van der Waals surface area (Å²) in [6, 6.07) is 8.40. The molecule has 1 aromatic carbocycles. The van der Waals surface area contributed by atoms with Crippen LogP contribution in [0.3, 0.4) is 0 Å². The van der Waals surface area contributed by atoms with Crippen molar-refractivity contribution in [3.8, 4) is 5.75 Å². The first kappa shape index (κ1) is 14.3. The van der Waals surface area contributed by atoms with Crippen LogP contribution in [-0.2, 0) is 0 Å². The third-order valence-corrected chi connectivity index (χ3v) is 6.90. The number of hydrogen-bond donors (Lipinski definition) is 1. The summed E-state index contributed by atoms with van der Waals surface area (Å²) in [5, 5.41) is 11.9. The zero-order valence-corrected chi connectivity index (χ0v) is 13.6. The molecule has 3 rings (SSSR count). The van der Waals surface area contributed by atoms with Gasteiger partial charge in [0, 0.05) is 22.6 Å². The Morgan fingerprint density at radius 3 is 2.70 bits per heavy atom. The van der Waals surface area contributed by atoms with Crippen LogP contribution in [0.2, 0.25) is 0 Å². The molecule has 108 valence electrons. The summed E-state index contributed by atoms with van der Waals surface area (Å²) in [5.74, 6) is 1.50. The molecule has 4 unspecified atom stereocenters. The van der Waals surface area contributed by atoms with Gasteiger partial charge in [-0.1, -0.05) is 19.1 Å². The molecule has 0 amide bonds. The molecule has 2 heterocycles. The van der Waals surface area contributed by atoms with Crippen LogP contribution in [0.15, 0.2) is 29.3 Å². The lowest BCUT2D eigenvalue weighted by atomic mass is 10.2. The Balaban J connectivity index is 1.86. The highest BCUT2D eigenvalue weighted by molar-refractivity contribution is 8.15. The normalized spacial score (nSPS) is 34.5. The molecule has 1 N–H and O–H groups in total. The quantitative estimate of drug-likeness (QED) is 0.911. The summed E-state index contributed by atoms with van der Waals surface area (Å²) >= 11 is 3.79. The lowest BCUT2D eigenvalue weighted by Crippen LogP contribution is -2.40. The van der Waals surface area contributed by atoms with Crippen LogP contribution in [0, 0.1) is 0 Å². The van der Waals surface area contributed by atoms with Gasteiger partial charge in [0.15, 0.2) is 0 Å². The second-order valence-electron chi connectivity index (χ2n) is 5.50. The van der Waals surface area contributed by atoms with Gasteiger partial charge in [-0.2, -0.15) is 0 Å². The molecule has 4 atom stereocenters. The van der Waals surface area contributed by atoms with E-state index < -0.39 is 0 Å². The molecule has 3 nitrogen and oxygen atoms in total. The number of thioether (sulfide) groups is 2. The monoisotopic (exact) mass is 308 g/mol. The van der Waals surface area contributed by atoms with E-state index in [1.165, 1.54) is 5.75 Å². The van der Waals surface area contributed by atoms with Gasteiger partial charge >= 0.3 is 0 Å². The Labute approximate surface area is 128 Å². The van der Waals surface area contributed by atoms with Crippen molar-refractivity contribution in [1.29, 1.82) is 0 Å². The van der Waals surface area contributed by atoms with E-state index in [9.17, 15) is 5.11 Å². The smallest absolute Gasteiger partial charge is 0.125 e. The van der Waals surface area contributed by atoms with E-state index in [4.69, 9.17) is 4.99 Å². The minimum absolute atomic E-state index is 0.301. The van der Waals surface area contributed by atoms with E-state index in [0.717, 1.165) is 10.6 Å². The van der Waals surface area contributed by atoms with Gasteiger partial charge in [-0.3, -0.25) is 9.89 Å². The summed E-state index contributed by atoms with van der Waals surface area (Å²) in [7, 11) is 2.19. The van der Waals surface area contributed by atoms with Gasteiger partial charge in [-0.05, 0) is 26.1 Å². The topological polar surface area (TPSA) is 35.8 Å². The second-order valence-corrected chi connectivity index (χ2v) is 8.02. The van der Waals surface area contributed by atoms with Gasteiger partial charge in [0.25, 0.3) is 0 Å². The highest BCUT2D eigenvalue weighted by Gasteiger charge is 2.40. The van der Waals surface area contributed by atoms with Crippen molar-refractivity contribution in [3.63, 3.8) is 0 Å². The minimum Gasteiger partial charge on any atom is -0.507 e. The first-order valence-electron chi connectivity index (χ1n) is 6.94. The van der Waals surface area contributed by atoms with Crippen molar-refractivity contribution in [2.24, 2.45) is 4.99 Å². The highest BCUT2D eigenvalue weighted by atomic mass is 32.2. The molecule has 0 saturated carbocycles. The van der Waals surface area contributed by atoms with Crippen LogP contribution < -0.4 is 0 Å². The Kier molecular flexibility index (Phi) is 4.02. The van der Waals surface area contributed by atoms with Gasteiger partial charge in [-0.15, -0.1) is 23.5 Å². The third-order valence-electron chi connectivity index (χ3n) is 4.08. The number of benzene rings is 1. The Morgan fingerprint density at radius 1 is 1.30 bits per heavy atom. The van der Waals surface area contributed by atoms with Crippen molar-refractivity contribution in [2.45, 2.75) is 36.6 Å². The molecule has 0 spiro atoms. The number of hydrogen-bond acceptors (Lipinski definition) is 5. The zero-order chi connectivity index (χ0) is 14.3. The second kappa shape index (κ2) is 5.62. The molecule has 20 heavy (non-hydrogen) atoms. The summed E-state index contributed by atoms with van der Waals surface area (Å²) in [6.07, 6.45) is 0. The van der Waals surface area contributed by atoms with Crippen molar-refractivity contribution in [3.05, 3.63) is 29.8 Å². The zero-order valence-electron chi connectivity index (χ0n) is 12.0. The Bertz CT molecular complexity index is 534.